The molecule has 0 aliphatic carbocycles. The summed E-state index contributed by atoms with van der Waals surface area (Å²) in [5.41, 5.74) is 3.00. The fraction of sp³-hybridized carbons (Fsp3) is 0.294. The van der Waals surface area contributed by atoms with Crippen molar-refractivity contribution < 1.29 is 9.59 Å². The normalized spacial score (nSPS) is 10.2. The first-order chi connectivity index (χ1) is 10.8. The van der Waals surface area contributed by atoms with Crippen molar-refractivity contribution in [2.24, 2.45) is 7.05 Å². The standard InChI is InChI=1S/C17H18N4O2/c1-11-15(12(2)21(4)19-11)16(22)17(23)20(3)10-14-7-5-13(9-18)6-8-14/h5-8H,10H2,1-4H3. The second kappa shape index (κ2) is 6.44. The number of hydrogen-bond donors (Lipinski definition) is 0. The molecule has 6 nitrogen and oxygen atoms in total. The third-order valence-electron chi connectivity index (χ3n) is 3.78. The quantitative estimate of drug-likeness (QED) is 0.636. The summed E-state index contributed by atoms with van der Waals surface area (Å²) in [5.74, 6) is -1.13. The monoisotopic (exact) mass is 310 g/mol. The smallest absolute Gasteiger partial charge is 0.295 e. The van der Waals surface area contributed by atoms with E-state index in [1.807, 2.05) is 6.07 Å². The maximum absolute atomic E-state index is 12.4. The largest absolute Gasteiger partial charge is 0.335 e. The van der Waals surface area contributed by atoms with Gasteiger partial charge in [-0.1, -0.05) is 12.1 Å². The highest BCUT2D eigenvalue weighted by molar-refractivity contribution is 6.43. The number of nitrogens with zero attached hydrogens (tertiary/aromatic N) is 4. The summed E-state index contributed by atoms with van der Waals surface area (Å²) in [5, 5.41) is 13.0. The van der Waals surface area contributed by atoms with Crippen LogP contribution in [0.3, 0.4) is 0 Å². The van der Waals surface area contributed by atoms with Gasteiger partial charge in [-0.05, 0) is 31.5 Å². The molecule has 0 atom stereocenters. The molecule has 0 aliphatic heterocycles. The van der Waals surface area contributed by atoms with Crippen molar-refractivity contribution >= 4 is 11.7 Å². The molecule has 1 amide bonds. The molecule has 0 spiro atoms. The van der Waals surface area contributed by atoms with Gasteiger partial charge in [-0.25, -0.2) is 0 Å². The van der Waals surface area contributed by atoms with Gasteiger partial charge in [0.05, 0.1) is 22.9 Å². The van der Waals surface area contributed by atoms with E-state index in [0.29, 0.717) is 29.1 Å². The van der Waals surface area contributed by atoms with E-state index in [2.05, 4.69) is 5.10 Å². The average molecular weight is 310 g/mol. The number of nitriles is 1. The molecule has 118 valence electrons. The van der Waals surface area contributed by atoms with Crippen LogP contribution in [-0.4, -0.2) is 33.4 Å². The number of hydrogen-bond acceptors (Lipinski definition) is 4. The number of aromatic nitrogens is 2. The van der Waals surface area contributed by atoms with Crippen molar-refractivity contribution in [1.29, 1.82) is 5.26 Å². The molecule has 0 radical (unpaired) electrons. The summed E-state index contributed by atoms with van der Waals surface area (Å²) in [6.45, 7) is 3.78. The molecule has 0 N–H and O–H groups in total. The second-order valence-electron chi connectivity index (χ2n) is 5.47. The van der Waals surface area contributed by atoms with E-state index >= 15 is 0 Å². The topological polar surface area (TPSA) is 79.0 Å². The molecule has 0 saturated heterocycles. The number of carbonyl (C=O) groups excluding carboxylic acids is 2. The van der Waals surface area contributed by atoms with E-state index in [4.69, 9.17) is 5.26 Å². The maximum Gasteiger partial charge on any atom is 0.295 e. The number of ketones is 1. The Kier molecular flexibility index (Phi) is 4.60. The van der Waals surface area contributed by atoms with Crippen molar-refractivity contribution in [2.45, 2.75) is 20.4 Å². The van der Waals surface area contributed by atoms with Crippen LogP contribution in [0.4, 0.5) is 0 Å². The number of amides is 1. The lowest BCUT2D eigenvalue weighted by Gasteiger charge is -2.16. The van der Waals surface area contributed by atoms with Gasteiger partial charge in [0.2, 0.25) is 0 Å². The van der Waals surface area contributed by atoms with Crippen LogP contribution in [-0.2, 0) is 18.4 Å². The first-order valence-corrected chi connectivity index (χ1v) is 7.14. The summed E-state index contributed by atoms with van der Waals surface area (Å²) in [6.07, 6.45) is 0. The molecule has 6 heteroatoms. The molecule has 0 saturated carbocycles. The van der Waals surface area contributed by atoms with E-state index in [0.717, 1.165) is 5.56 Å². The Morgan fingerprint density at radius 2 is 1.87 bits per heavy atom. The van der Waals surface area contributed by atoms with E-state index in [1.54, 1.807) is 56.9 Å². The van der Waals surface area contributed by atoms with Crippen LogP contribution in [0.5, 0.6) is 0 Å². The van der Waals surface area contributed by atoms with Crippen molar-refractivity contribution in [1.82, 2.24) is 14.7 Å². The molecule has 23 heavy (non-hydrogen) atoms. The van der Waals surface area contributed by atoms with Gasteiger partial charge in [0.1, 0.15) is 0 Å². The SMILES string of the molecule is Cc1nn(C)c(C)c1C(=O)C(=O)N(C)Cc1ccc(C#N)cc1. The van der Waals surface area contributed by atoms with Crippen molar-refractivity contribution in [3.63, 3.8) is 0 Å². The van der Waals surface area contributed by atoms with E-state index < -0.39 is 11.7 Å². The van der Waals surface area contributed by atoms with Gasteiger partial charge in [-0.15, -0.1) is 0 Å². The third kappa shape index (κ3) is 3.29. The summed E-state index contributed by atoms with van der Waals surface area (Å²) >= 11 is 0. The summed E-state index contributed by atoms with van der Waals surface area (Å²) < 4.78 is 1.59. The highest BCUT2D eigenvalue weighted by Crippen LogP contribution is 2.15. The first kappa shape index (κ1) is 16.4. The van der Waals surface area contributed by atoms with Gasteiger partial charge < -0.3 is 4.90 Å². The minimum atomic E-state index is -0.575. The highest BCUT2D eigenvalue weighted by atomic mass is 16.2. The zero-order valence-corrected chi connectivity index (χ0v) is 13.6. The third-order valence-corrected chi connectivity index (χ3v) is 3.78. The molecule has 0 fully saturated rings. The highest BCUT2D eigenvalue weighted by Gasteiger charge is 2.26. The average Bonchev–Trinajstić information content (AvgIpc) is 2.79. The minimum absolute atomic E-state index is 0.300. The molecule has 1 aromatic heterocycles. The zero-order chi connectivity index (χ0) is 17.1. The summed E-state index contributed by atoms with van der Waals surface area (Å²) in [4.78, 5) is 26.2. The molecule has 0 bridgehead atoms. The molecule has 1 aromatic carbocycles. The predicted molar refractivity (Wildman–Crippen MR) is 84.6 cm³/mol. The first-order valence-electron chi connectivity index (χ1n) is 7.14. The molecule has 2 rings (SSSR count). The zero-order valence-electron chi connectivity index (χ0n) is 13.6. The van der Waals surface area contributed by atoms with Crippen LogP contribution in [0, 0.1) is 25.2 Å². The molecule has 0 aliphatic rings. The van der Waals surface area contributed by atoms with Crippen molar-refractivity contribution in [3.05, 3.63) is 52.3 Å². The van der Waals surface area contributed by atoms with E-state index in [-0.39, 0.29) is 0 Å². The molecule has 2 aromatic rings. The number of rotatable bonds is 4. The van der Waals surface area contributed by atoms with Crippen molar-refractivity contribution in [3.8, 4) is 6.07 Å². The maximum atomic E-state index is 12.4. The lowest BCUT2D eigenvalue weighted by Crippen LogP contribution is -2.33. The van der Waals surface area contributed by atoms with Crippen LogP contribution in [0.1, 0.15) is 32.9 Å². The summed E-state index contributed by atoms with van der Waals surface area (Å²) in [6, 6.07) is 8.95. The minimum Gasteiger partial charge on any atom is -0.335 e. The number of likely N-dealkylation sites (N-methyl/N-ethyl adjacent to an activating group) is 1. The molecular weight excluding hydrogens is 292 g/mol. The number of aryl methyl sites for hydroxylation is 2. The van der Waals surface area contributed by atoms with Crippen molar-refractivity contribution in [2.75, 3.05) is 7.05 Å². The Morgan fingerprint density at radius 1 is 1.26 bits per heavy atom. The van der Waals surface area contributed by atoms with Gasteiger partial charge in [0, 0.05) is 26.3 Å². The molecule has 1 heterocycles. The molecule has 0 unspecified atom stereocenters. The Morgan fingerprint density at radius 3 is 2.35 bits per heavy atom. The Labute approximate surface area is 134 Å². The number of carbonyl (C=O) groups is 2. The van der Waals surface area contributed by atoms with Gasteiger partial charge >= 0.3 is 0 Å². The lowest BCUT2D eigenvalue weighted by molar-refractivity contribution is -0.125. The van der Waals surface area contributed by atoms with Crippen LogP contribution in [0.25, 0.3) is 0 Å². The Bertz CT molecular complexity index is 797. The van der Waals surface area contributed by atoms with Crippen LogP contribution in [0.15, 0.2) is 24.3 Å². The Balaban J connectivity index is 2.15. The number of Topliss-reactive ketones (excluding diaryl/α,β-unsaturated/α-hetero) is 1. The van der Waals surface area contributed by atoms with Crippen LogP contribution < -0.4 is 0 Å². The predicted octanol–water partition coefficient (Wildman–Crippen LogP) is 1.75. The number of benzene rings is 1. The van der Waals surface area contributed by atoms with Crippen LogP contribution in [0.2, 0.25) is 0 Å². The fourth-order valence-electron chi connectivity index (χ4n) is 2.41. The van der Waals surface area contributed by atoms with Crippen LogP contribution >= 0.6 is 0 Å². The summed E-state index contributed by atoms with van der Waals surface area (Å²) in [7, 11) is 3.32. The van der Waals surface area contributed by atoms with Gasteiger partial charge in [-0.2, -0.15) is 10.4 Å². The molecular formula is C17H18N4O2. The van der Waals surface area contributed by atoms with Gasteiger partial charge in [-0.3, -0.25) is 14.3 Å². The van der Waals surface area contributed by atoms with E-state index in [1.165, 1.54) is 4.90 Å². The second-order valence-corrected chi connectivity index (χ2v) is 5.47. The van der Waals surface area contributed by atoms with E-state index in [9.17, 15) is 9.59 Å². The fourth-order valence-corrected chi connectivity index (χ4v) is 2.41. The lowest BCUT2D eigenvalue weighted by atomic mass is 10.1. The Hall–Kier alpha value is -2.94. The van der Waals surface area contributed by atoms with Gasteiger partial charge in [0.25, 0.3) is 11.7 Å². The van der Waals surface area contributed by atoms with Gasteiger partial charge in [0.15, 0.2) is 0 Å².